The Hall–Kier alpha value is -5.42. The first-order valence-electron chi connectivity index (χ1n) is 15.5. The second kappa shape index (κ2) is 10.0. The Bertz CT molecular complexity index is 2650. The number of aromatic nitrogens is 1. The summed E-state index contributed by atoms with van der Waals surface area (Å²) < 4.78 is 7.66. The molecule has 46 heavy (non-hydrogen) atoms. The fourth-order valence-corrected chi connectivity index (χ4v) is 9.28. The maximum absolute atomic E-state index is 2.43. The molecule has 0 aliphatic carbocycles. The third-order valence-electron chi connectivity index (χ3n) is 9.17. The Balaban J connectivity index is 1.26. The summed E-state index contributed by atoms with van der Waals surface area (Å²) in [6.07, 6.45) is 0. The monoisotopic (exact) mass is 622 g/mol. The zero-order chi connectivity index (χ0) is 30.2. The number of benzene rings is 7. The molecule has 0 atom stereocenters. The van der Waals surface area contributed by atoms with Crippen molar-refractivity contribution < 1.29 is 0 Å². The second-order valence-electron chi connectivity index (χ2n) is 11.8. The van der Waals surface area contributed by atoms with E-state index in [0.717, 1.165) is 22.7 Å². The van der Waals surface area contributed by atoms with E-state index >= 15 is 0 Å². The molecule has 7 aromatic carbocycles. The van der Waals surface area contributed by atoms with Crippen LogP contribution in [0.3, 0.4) is 0 Å². The van der Waals surface area contributed by atoms with Crippen molar-refractivity contribution in [3.8, 4) is 5.69 Å². The third kappa shape index (κ3) is 3.87. The summed E-state index contributed by atoms with van der Waals surface area (Å²) in [6, 6.07) is 57.8. The molecule has 3 aromatic heterocycles. The smallest absolute Gasteiger partial charge is 0.0561 e. The van der Waals surface area contributed by atoms with Crippen LogP contribution >= 0.6 is 22.7 Å². The van der Waals surface area contributed by atoms with Crippen LogP contribution in [0.4, 0.5) is 17.1 Å². The first kappa shape index (κ1) is 25.9. The van der Waals surface area contributed by atoms with E-state index in [1.54, 1.807) is 0 Å². The Morgan fingerprint density at radius 1 is 0.348 bits per heavy atom. The Labute approximate surface area is 273 Å². The first-order valence-corrected chi connectivity index (χ1v) is 17.1. The van der Waals surface area contributed by atoms with Crippen molar-refractivity contribution in [1.29, 1.82) is 0 Å². The maximum atomic E-state index is 2.43. The lowest BCUT2D eigenvalue weighted by atomic mass is 10.1. The molecule has 0 aliphatic rings. The van der Waals surface area contributed by atoms with Crippen LogP contribution in [-0.4, -0.2) is 4.57 Å². The summed E-state index contributed by atoms with van der Waals surface area (Å²) >= 11 is 3.72. The van der Waals surface area contributed by atoms with E-state index in [1.807, 2.05) is 22.7 Å². The minimum absolute atomic E-state index is 1.13. The van der Waals surface area contributed by atoms with Gasteiger partial charge in [-0.25, -0.2) is 0 Å². The van der Waals surface area contributed by atoms with Gasteiger partial charge in [0.2, 0.25) is 0 Å². The molecule has 0 saturated heterocycles. The molecule has 0 saturated carbocycles. The van der Waals surface area contributed by atoms with E-state index in [1.165, 1.54) is 62.2 Å². The van der Waals surface area contributed by atoms with Gasteiger partial charge in [0.05, 0.1) is 11.0 Å². The lowest BCUT2D eigenvalue weighted by molar-refractivity contribution is 1.18. The van der Waals surface area contributed by atoms with Crippen LogP contribution in [-0.2, 0) is 0 Å². The third-order valence-corrected chi connectivity index (χ3v) is 11.5. The lowest BCUT2D eigenvalue weighted by Gasteiger charge is -2.26. The summed E-state index contributed by atoms with van der Waals surface area (Å²) in [6.45, 7) is 0. The number of thiophene rings is 2. The van der Waals surface area contributed by atoms with Gasteiger partial charge in [-0.2, -0.15) is 0 Å². The molecular formula is C42H26N2S2. The van der Waals surface area contributed by atoms with Gasteiger partial charge >= 0.3 is 0 Å². The summed E-state index contributed by atoms with van der Waals surface area (Å²) in [5.41, 5.74) is 7.00. The Kier molecular flexibility index (Phi) is 5.65. The molecule has 4 heteroatoms. The summed E-state index contributed by atoms with van der Waals surface area (Å²) in [4.78, 5) is 2.43. The SMILES string of the molecule is c1ccc(-n2c3ccccc3c3ccc(N(c4ccc5sc6ccccc6c5c4)c4ccc5sc6ccccc6c5c4)cc32)cc1. The molecule has 0 radical (unpaired) electrons. The molecular weight excluding hydrogens is 597 g/mol. The van der Waals surface area contributed by atoms with Gasteiger partial charge in [-0.15, -0.1) is 22.7 Å². The highest BCUT2D eigenvalue weighted by Crippen LogP contribution is 2.44. The number of para-hydroxylation sites is 2. The molecule has 0 unspecified atom stereocenters. The summed E-state index contributed by atoms with van der Waals surface area (Å²) in [5.74, 6) is 0. The van der Waals surface area contributed by atoms with Crippen molar-refractivity contribution in [1.82, 2.24) is 4.57 Å². The molecule has 0 bridgehead atoms. The largest absolute Gasteiger partial charge is 0.310 e. The van der Waals surface area contributed by atoms with Gasteiger partial charge in [0.15, 0.2) is 0 Å². The van der Waals surface area contributed by atoms with Crippen molar-refractivity contribution in [2.75, 3.05) is 4.90 Å². The number of anilines is 3. The molecule has 0 fully saturated rings. The standard InChI is InChI=1S/C42H26N2S2/c1-2-10-27(11-3-1)44-37-15-7-4-12-31(37)32-21-18-30(26-38(32)44)43(28-19-22-41-35(24-28)33-13-5-8-16-39(33)45-41)29-20-23-42-36(25-29)34-14-6-9-17-40(34)46-42/h1-26H. The van der Waals surface area contributed by atoms with Crippen molar-refractivity contribution >= 4 is 102 Å². The van der Waals surface area contributed by atoms with Gasteiger partial charge in [-0.3, -0.25) is 0 Å². The van der Waals surface area contributed by atoms with Crippen LogP contribution < -0.4 is 4.90 Å². The predicted octanol–water partition coefficient (Wildman–Crippen LogP) is 13.0. The molecule has 0 N–H and O–H groups in total. The van der Waals surface area contributed by atoms with Crippen molar-refractivity contribution in [3.63, 3.8) is 0 Å². The summed E-state index contributed by atoms with van der Waals surface area (Å²) in [5, 5.41) is 7.72. The van der Waals surface area contributed by atoms with Crippen LogP contribution in [0, 0.1) is 0 Å². The molecule has 0 amide bonds. The predicted molar refractivity (Wildman–Crippen MR) is 201 cm³/mol. The Morgan fingerprint density at radius 2 is 0.826 bits per heavy atom. The minimum atomic E-state index is 1.13. The highest BCUT2D eigenvalue weighted by molar-refractivity contribution is 7.26. The molecule has 10 rings (SSSR count). The van der Waals surface area contributed by atoms with Crippen LogP contribution in [0.2, 0.25) is 0 Å². The molecule has 3 heterocycles. The average molecular weight is 623 g/mol. The lowest BCUT2D eigenvalue weighted by Crippen LogP contribution is -2.10. The minimum Gasteiger partial charge on any atom is -0.310 e. The fourth-order valence-electron chi connectivity index (χ4n) is 7.11. The summed E-state index contributed by atoms with van der Waals surface area (Å²) in [7, 11) is 0. The number of hydrogen-bond acceptors (Lipinski definition) is 3. The van der Waals surface area contributed by atoms with Gasteiger partial charge < -0.3 is 9.47 Å². The number of nitrogens with zero attached hydrogens (tertiary/aromatic N) is 2. The fraction of sp³-hybridized carbons (Fsp3) is 0. The van der Waals surface area contributed by atoms with Gasteiger partial charge in [0.1, 0.15) is 0 Å². The quantitative estimate of drug-likeness (QED) is 0.190. The topological polar surface area (TPSA) is 8.17 Å². The van der Waals surface area contributed by atoms with Crippen LogP contribution in [0.1, 0.15) is 0 Å². The van der Waals surface area contributed by atoms with Gasteiger partial charge in [-0.1, -0.05) is 78.9 Å². The second-order valence-corrected chi connectivity index (χ2v) is 13.9. The van der Waals surface area contributed by atoms with Gasteiger partial charge in [-0.05, 0) is 78.9 Å². The van der Waals surface area contributed by atoms with E-state index in [9.17, 15) is 0 Å². The van der Waals surface area contributed by atoms with Crippen LogP contribution in [0.5, 0.6) is 0 Å². The average Bonchev–Trinajstić information content (AvgIpc) is 3.78. The normalized spacial score (nSPS) is 11.9. The van der Waals surface area contributed by atoms with Gasteiger partial charge in [0.25, 0.3) is 0 Å². The van der Waals surface area contributed by atoms with Gasteiger partial charge in [0, 0.05) is 73.9 Å². The number of fused-ring (bicyclic) bond motifs is 9. The molecule has 216 valence electrons. The van der Waals surface area contributed by atoms with E-state index in [2.05, 4.69) is 167 Å². The zero-order valence-electron chi connectivity index (χ0n) is 24.7. The highest BCUT2D eigenvalue weighted by Gasteiger charge is 2.19. The Morgan fingerprint density at radius 3 is 1.48 bits per heavy atom. The molecule has 2 nitrogen and oxygen atoms in total. The van der Waals surface area contributed by atoms with Crippen LogP contribution in [0.15, 0.2) is 158 Å². The maximum Gasteiger partial charge on any atom is 0.0561 e. The molecule has 0 spiro atoms. The first-order chi connectivity index (χ1) is 22.8. The highest BCUT2D eigenvalue weighted by atomic mass is 32.1. The van der Waals surface area contributed by atoms with E-state index < -0.39 is 0 Å². The van der Waals surface area contributed by atoms with Crippen molar-refractivity contribution in [2.45, 2.75) is 0 Å². The van der Waals surface area contributed by atoms with E-state index in [4.69, 9.17) is 0 Å². The number of rotatable bonds is 4. The van der Waals surface area contributed by atoms with Crippen molar-refractivity contribution in [2.24, 2.45) is 0 Å². The van der Waals surface area contributed by atoms with E-state index in [-0.39, 0.29) is 0 Å². The zero-order valence-corrected chi connectivity index (χ0v) is 26.4. The van der Waals surface area contributed by atoms with E-state index in [0.29, 0.717) is 0 Å². The molecule has 10 aromatic rings. The van der Waals surface area contributed by atoms with Crippen molar-refractivity contribution in [3.05, 3.63) is 158 Å². The number of hydrogen-bond donors (Lipinski definition) is 0. The molecule has 0 aliphatic heterocycles. The van der Waals surface area contributed by atoms with Crippen LogP contribution in [0.25, 0.3) is 67.8 Å².